The highest BCUT2D eigenvalue weighted by Crippen LogP contribution is 2.55. The molecular weight excluding hydrogens is 504 g/mol. The number of aromatic amines is 1. The average molecular weight is 549 g/mol. The second-order valence-electron chi connectivity index (χ2n) is 13.3. The summed E-state index contributed by atoms with van der Waals surface area (Å²) >= 11 is 0. The van der Waals surface area contributed by atoms with Gasteiger partial charge in [0, 0.05) is 60.8 Å². The van der Waals surface area contributed by atoms with Crippen molar-refractivity contribution < 1.29 is 14.4 Å². The molecule has 40 heavy (non-hydrogen) atoms. The molecule has 5 amide bonds. The minimum Gasteiger partial charge on any atom is -0.361 e. The van der Waals surface area contributed by atoms with Gasteiger partial charge in [-0.25, -0.2) is 9.59 Å². The molecule has 1 aliphatic heterocycles. The molecule has 4 aliphatic carbocycles. The third-order valence-corrected chi connectivity index (χ3v) is 9.73. The Hall–Kier alpha value is -3.23. The molecule has 0 radical (unpaired) electrons. The molecule has 4 N–H and O–H groups in total. The van der Waals surface area contributed by atoms with Crippen LogP contribution in [0.15, 0.2) is 30.5 Å². The molecule has 9 nitrogen and oxygen atoms in total. The van der Waals surface area contributed by atoms with Crippen molar-refractivity contribution in [1.29, 1.82) is 0 Å². The summed E-state index contributed by atoms with van der Waals surface area (Å²) < 4.78 is 0. The van der Waals surface area contributed by atoms with Gasteiger partial charge in [-0.3, -0.25) is 4.79 Å². The fraction of sp³-hybridized carbons (Fsp3) is 0.645. The first-order valence-corrected chi connectivity index (χ1v) is 15.2. The number of amides is 5. The van der Waals surface area contributed by atoms with Crippen LogP contribution in [0.2, 0.25) is 0 Å². The van der Waals surface area contributed by atoms with E-state index in [-0.39, 0.29) is 35.6 Å². The Labute approximate surface area is 236 Å². The summed E-state index contributed by atoms with van der Waals surface area (Å²) in [4.78, 5) is 47.1. The van der Waals surface area contributed by atoms with Gasteiger partial charge in [0.25, 0.3) is 0 Å². The minimum atomic E-state index is -0.698. The Bertz CT molecular complexity index is 1240. The van der Waals surface area contributed by atoms with Gasteiger partial charge in [-0.2, -0.15) is 0 Å². The van der Waals surface area contributed by atoms with Crippen molar-refractivity contribution in [2.75, 3.05) is 19.6 Å². The molecule has 1 aromatic carbocycles. The molecule has 5 fully saturated rings. The molecule has 0 unspecified atom stereocenters. The van der Waals surface area contributed by atoms with E-state index in [4.69, 9.17) is 0 Å². The molecule has 9 heteroatoms. The van der Waals surface area contributed by atoms with Gasteiger partial charge in [0.1, 0.15) is 6.04 Å². The van der Waals surface area contributed by atoms with Crippen LogP contribution in [0.5, 0.6) is 0 Å². The highest BCUT2D eigenvalue weighted by Gasteiger charge is 2.51. The van der Waals surface area contributed by atoms with Crippen LogP contribution in [0.25, 0.3) is 10.9 Å². The predicted molar refractivity (Wildman–Crippen MR) is 155 cm³/mol. The number of hydrogen-bond acceptors (Lipinski definition) is 3. The molecule has 4 bridgehead atoms. The van der Waals surface area contributed by atoms with Crippen molar-refractivity contribution >= 4 is 28.9 Å². The number of rotatable bonds is 6. The van der Waals surface area contributed by atoms with Crippen molar-refractivity contribution in [3.8, 4) is 0 Å². The Morgan fingerprint density at radius 3 is 2.33 bits per heavy atom. The van der Waals surface area contributed by atoms with E-state index in [1.54, 1.807) is 4.90 Å². The van der Waals surface area contributed by atoms with Crippen molar-refractivity contribution in [3.63, 3.8) is 0 Å². The molecule has 1 saturated heterocycles. The number of nitrogens with zero attached hydrogens (tertiary/aromatic N) is 2. The third-order valence-electron chi connectivity index (χ3n) is 9.73. The summed E-state index contributed by atoms with van der Waals surface area (Å²) in [5.74, 6) is 2.07. The van der Waals surface area contributed by atoms with E-state index in [0.29, 0.717) is 26.1 Å². The van der Waals surface area contributed by atoms with Gasteiger partial charge in [0.05, 0.1) is 0 Å². The molecule has 0 spiro atoms. The quantitative estimate of drug-likeness (QED) is 0.438. The second kappa shape index (κ2) is 10.6. The summed E-state index contributed by atoms with van der Waals surface area (Å²) in [6.07, 6.45) is 9.46. The molecular formula is C31H44N6O3. The van der Waals surface area contributed by atoms with Crippen molar-refractivity contribution in [2.45, 2.75) is 89.4 Å². The summed E-state index contributed by atoms with van der Waals surface area (Å²) in [6, 6.07) is 6.95. The van der Waals surface area contributed by atoms with Crippen LogP contribution < -0.4 is 16.0 Å². The molecule has 7 rings (SSSR count). The van der Waals surface area contributed by atoms with Gasteiger partial charge >= 0.3 is 12.1 Å². The monoisotopic (exact) mass is 548 g/mol. The maximum absolute atomic E-state index is 14.0. The first-order chi connectivity index (χ1) is 19.2. The number of H-pyrrole nitrogens is 1. The van der Waals surface area contributed by atoms with E-state index in [2.05, 4.69) is 20.9 Å². The number of nitrogens with one attached hydrogen (secondary N) is 4. The van der Waals surface area contributed by atoms with Crippen LogP contribution in [0, 0.1) is 17.8 Å². The molecule has 2 atom stereocenters. The standard InChI is InChI=1S/C31H44N6O3/c1-19(2)33-30(40)37-9-8-36(18-20(37)3)28(38)27(13-24-17-32-26-7-5-4-6-25(24)26)34-29(39)35-31-14-21-10-22(15-31)12-23(11-21)16-31/h4-7,17,19-23,27,32H,8-16,18H2,1-3H3,(H,33,40)(H2,34,35,39)/t20-,21?,22?,23?,27+,31?/m0/s1. The number of piperazine rings is 1. The van der Waals surface area contributed by atoms with Crippen molar-refractivity contribution in [3.05, 3.63) is 36.0 Å². The molecule has 216 valence electrons. The van der Waals surface area contributed by atoms with Crippen LogP contribution in [-0.2, 0) is 11.2 Å². The maximum Gasteiger partial charge on any atom is 0.317 e. The largest absolute Gasteiger partial charge is 0.361 e. The number of carbonyl (C=O) groups excluding carboxylic acids is 3. The van der Waals surface area contributed by atoms with Gasteiger partial charge in [-0.05, 0) is 88.7 Å². The second-order valence-corrected chi connectivity index (χ2v) is 13.3. The fourth-order valence-electron chi connectivity index (χ4n) is 8.43. The number of urea groups is 2. The summed E-state index contributed by atoms with van der Waals surface area (Å²) in [5.41, 5.74) is 1.89. The highest BCUT2D eigenvalue weighted by molar-refractivity contribution is 5.89. The smallest absolute Gasteiger partial charge is 0.317 e. The summed E-state index contributed by atoms with van der Waals surface area (Å²) in [6.45, 7) is 7.20. The summed E-state index contributed by atoms with van der Waals surface area (Å²) in [5, 5.41) is 10.5. The lowest BCUT2D eigenvalue weighted by Gasteiger charge is -2.56. The van der Waals surface area contributed by atoms with Crippen LogP contribution in [0.1, 0.15) is 64.9 Å². The molecule has 2 aromatic rings. The van der Waals surface area contributed by atoms with E-state index >= 15 is 0 Å². The van der Waals surface area contributed by atoms with Gasteiger partial charge < -0.3 is 30.7 Å². The van der Waals surface area contributed by atoms with Crippen LogP contribution >= 0.6 is 0 Å². The number of aromatic nitrogens is 1. The van der Waals surface area contributed by atoms with E-state index in [9.17, 15) is 14.4 Å². The zero-order valence-electron chi connectivity index (χ0n) is 24.0. The Morgan fingerprint density at radius 2 is 1.68 bits per heavy atom. The van der Waals surface area contributed by atoms with E-state index in [1.807, 2.05) is 56.1 Å². The highest BCUT2D eigenvalue weighted by atomic mass is 16.2. The molecule has 1 aromatic heterocycles. The molecule has 2 heterocycles. The Balaban J connectivity index is 1.18. The lowest BCUT2D eigenvalue weighted by atomic mass is 9.53. The van der Waals surface area contributed by atoms with Gasteiger partial charge in [-0.15, -0.1) is 0 Å². The first kappa shape index (κ1) is 27.0. The maximum atomic E-state index is 14.0. The summed E-state index contributed by atoms with van der Waals surface area (Å²) in [7, 11) is 0. The number of hydrogen-bond donors (Lipinski definition) is 4. The van der Waals surface area contributed by atoms with Crippen LogP contribution in [0.4, 0.5) is 9.59 Å². The SMILES string of the molecule is CC(C)NC(=O)N1CCN(C(=O)[C@@H](Cc2c[nH]c3ccccc23)NC(=O)NC23CC4CC(CC(C4)C2)C3)C[C@@H]1C. The predicted octanol–water partition coefficient (Wildman–Crippen LogP) is 4.00. The zero-order chi connectivity index (χ0) is 28.0. The normalized spacial score (nSPS) is 30.0. The zero-order valence-corrected chi connectivity index (χ0v) is 24.0. The van der Waals surface area contributed by atoms with Gasteiger partial charge in [-0.1, -0.05) is 18.2 Å². The van der Waals surface area contributed by atoms with Crippen LogP contribution in [0.3, 0.4) is 0 Å². The minimum absolute atomic E-state index is 0.0524. The molecule has 5 aliphatic rings. The van der Waals surface area contributed by atoms with E-state index in [0.717, 1.165) is 53.5 Å². The van der Waals surface area contributed by atoms with Crippen molar-refractivity contribution in [1.82, 2.24) is 30.7 Å². The topological polar surface area (TPSA) is 110 Å². The average Bonchev–Trinajstić information content (AvgIpc) is 3.29. The number of carbonyl (C=O) groups is 3. The number of fused-ring (bicyclic) bond motifs is 1. The van der Waals surface area contributed by atoms with Gasteiger partial charge in [0.15, 0.2) is 0 Å². The van der Waals surface area contributed by atoms with Gasteiger partial charge in [0.2, 0.25) is 5.91 Å². The number of para-hydroxylation sites is 1. The Kier molecular flexibility index (Phi) is 7.17. The van der Waals surface area contributed by atoms with E-state index in [1.165, 1.54) is 19.3 Å². The lowest BCUT2D eigenvalue weighted by Crippen LogP contribution is -2.64. The Morgan fingerprint density at radius 1 is 1.00 bits per heavy atom. The fourth-order valence-corrected chi connectivity index (χ4v) is 8.43. The van der Waals surface area contributed by atoms with Crippen molar-refractivity contribution in [2.24, 2.45) is 17.8 Å². The number of benzene rings is 1. The lowest BCUT2D eigenvalue weighted by molar-refractivity contribution is -0.135. The van der Waals surface area contributed by atoms with Crippen LogP contribution in [-0.4, -0.2) is 76.1 Å². The first-order valence-electron chi connectivity index (χ1n) is 15.2. The molecule has 4 saturated carbocycles. The third kappa shape index (κ3) is 5.39. The van der Waals surface area contributed by atoms with E-state index < -0.39 is 6.04 Å².